The largest absolute Gasteiger partial charge is 0.454 e. The number of rotatable bonds is 2. The smallest absolute Gasteiger partial charge is 0.231 e. The van der Waals surface area contributed by atoms with Crippen LogP contribution in [0.1, 0.15) is 24.8 Å². The summed E-state index contributed by atoms with van der Waals surface area (Å²) in [6, 6.07) is 6.59. The van der Waals surface area contributed by atoms with Gasteiger partial charge in [-0.05, 0) is 42.9 Å². The third-order valence-corrected chi connectivity index (χ3v) is 3.65. The molecule has 1 aliphatic heterocycles. The van der Waals surface area contributed by atoms with E-state index in [2.05, 4.69) is 12.1 Å². The molecule has 1 aromatic rings. The minimum atomic E-state index is 0.349. The van der Waals surface area contributed by atoms with Gasteiger partial charge >= 0.3 is 0 Å². The van der Waals surface area contributed by atoms with E-state index < -0.39 is 0 Å². The lowest BCUT2D eigenvalue weighted by Gasteiger charge is -2.15. The van der Waals surface area contributed by atoms with E-state index >= 15 is 0 Å². The second kappa shape index (κ2) is 3.98. The Balaban J connectivity index is 1.75. The summed E-state index contributed by atoms with van der Waals surface area (Å²) in [6.45, 7) is 0.349. The molecule has 0 spiro atoms. The number of nitrogens with two attached hydrogens (primary N) is 1. The zero-order valence-corrected chi connectivity index (χ0v) is 9.32. The molecule has 2 aliphatic rings. The number of fused-ring (bicyclic) bond motifs is 1. The molecule has 0 saturated heterocycles. The topological polar surface area (TPSA) is 44.5 Å². The molecular weight excluding hydrogens is 202 g/mol. The van der Waals surface area contributed by atoms with E-state index in [0.717, 1.165) is 17.9 Å². The van der Waals surface area contributed by atoms with Crippen LogP contribution in [0.3, 0.4) is 0 Å². The highest BCUT2D eigenvalue weighted by Gasteiger charge is 2.24. The Labute approximate surface area is 95.5 Å². The van der Waals surface area contributed by atoms with E-state index in [4.69, 9.17) is 15.2 Å². The van der Waals surface area contributed by atoms with Gasteiger partial charge in [-0.3, -0.25) is 0 Å². The van der Waals surface area contributed by atoms with Crippen LogP contribution in [0.5, 0.6) is 11.5 Å². The van der Waals surface area contributed by atoms with Gasteiger partial charge < -0.3 is 15.2 Å². The molecule has 1 aliphatic carbocycles. The first-order chi connectivity index (χ1) is 7.83. The summed E-state index contributed by atoms with van der Waals surface area (Å²) in [4.78, 5) is 0. The van der Waals surface area contributed by atoms with Crippen molar-refractivity contribution in [2.24, 2.45) is 11.7 Å². The van der Waals surface area contributed by atoms with Crippen LogP contribution in [-0.4, -0.2) is 12.8 Å². The Hall–Kier alpha value is -1.22. The van der Waals surface area contributed by atoms with Gasteiger partial charge in [0.05, 0.1) is 0 Å². The fourth-order valence-electron chi connectivity index (χ4n) is 2.69. The lowest BCUT2D eigenvalue weighted by atomic mass is 9.95. The lowest BCUT2D eigenvalue weighted by Crippen LogP contribution is -2.25. The average Bonchev–Trinajstić information content (AvgIpc) is 2.88. The fourth-order valence-corrected chi connectivity index (χ4v) is 2.69. The first-order valence-electron chi connectivity index (χ1n) is 5.97. The van der Waals surface area contributed by atoms with Gasteiger partial charge in [-0.1, -0.05) is 12.5 Å². The van der Waals surface area contributed by atoms with Crippen molar-refractivity contribution in [1.29, 1.82) is 0 Å². The Morgan fingerprint density at radius 3 is 2.88 bits per heavy atom. The lowest BCUT2D eigenvalue weighted by molar-refractivity contribution is 0.174. The Bertz CT molecular complexity index is 392. The van der Waals surface area contributed by atoms with Crippen LogP contribution in [0.15, 0.2) is 18.2 Å². The number of hydrogen-bond acceptors (Lipinski definition) is 3. The van der Waals surface area contributed by atoms with Crippen molar-refractivity contribution < 1.29 is 9.47 Å². The average molecular weight is 219 g/mol. The molecule has 1 saturated carbocycles. The van der Waals surface area contributed by atoms with Gasteiger partial charge in [0, 0.05) is 6.04 Å². The molecule has 1 aromatic carbocycles. The number of hydrogen-bond donors (Lipinski definition) is 1. The highest BCUT2D eigenvalue weighted by Crippen LogP contribution is 2.34. The second-order valence-corrected chi connectivity index (χ2v) is 4.75. The first-order valence-corrected chi connectivity index (χ1v) is 5.97. The van der Waals surface area contributed by atoms with E-state index in [9.17, 15) is 0 Å². The van der Waals surface area contributed by atoms with Crippen molar-refractivity contribution in [3.05, 3.63) is 23.8 Å². The third-order valence-electron chi connectivity index (χ3n) is 3.65. The Morgan fingerprint density at radius 2 is 2.06 bits per heavy atom. The molecule has 86 valence electrons. The Morgan fingerprint density at radius 1 is 1.19 bits per heavy atom. The van der Waals surface area contributed by atoms with Crippen LogP contribution in [0.4, 0.5) is 0 Å². The van der Waals surface area contributed by atoms with Gasteiger partial charge in [0.25, 0.3) is 0 Å². The summed E-state index contributed by atoms with van der Waals surface area (Å²) in [5.41, 5.74) is 7.40. The number of benzene rings is 1. The molecule has 1 heterocycles. The first kappa shape index (κ1) is 9.97. The van der Waals surface area contributed by atoms with Crippen LogP contribution < -0.4 is 15.2 Å². The number of ether oxygens (including phenoxy) is 2. The van der Waals surface area contributed by atoms with E-state index in [0.29, 0.717) is 18.8 Å². The second-order valence-electron chi connectivity index (χ2n) is 4.75. The summed E-state index contributed by atoms with van der Waals surface area (Å²) in [6.07, 6.45) is 4.78. The highest BCUT2D eigenvalue weighted by molar-refractivity contribution is 5.44. The monoisotopic (exact) mass is 219 g/mol. The molecule has 3 nitrogen and oxygen atoms in total. The van der Waals surface area contributed by atoms with Crippen LogP contribution in [-0.2, 0) is 6.42 Å². The van der Waals surface area contributed by atoms with Crippen molar-refractivity contribution in [2.75, 3.05) is 6.79 Å². The van der Waals surface area contributed by atoms with E-state index in [-0.39, 0.29) is 0 Å². The molecule has 2 N–H and O–H groups in total. The highest BCUT2D eigenvalue weighted by atomic mass is 16.7. The molecule has 3 rings (SSSR count). The maximum absolute atomic E-state index is 6.08. The quantitative estimate of drug-likeness (QED) is 0.828. The van der Waals surface area contributed by atoms with Crippen molar-refractivity contribution in [1.82, 2.24) is 0 Å². The molecule has 0 aromatic heterocycles. The molecule has 0 radical (unpaired) electrons. The minimum absolute atomic E-state index is 0.349. The van der Waals surface area contributed by atoms with Gasteiger partial charge in [0.15, 0.2) is 11.5 Å². The van der Waals surface area contributed by atoms with Crippen molar-refractivity contribution in [2.45, 2.75) is 31.7 Å². The zero-order chi connectivity index (χ0) is 11.0. The predicted molar refractivity (Wildman–Crippen MR) is 61.6 cm³/mol. The van der Waals surface area contributed by atoms with Crippen LogP contribution in [0, 0.1) is 5.92 Å². The summed E-state index contributed by atoms with van der Waals surface area (Å²) < 4.78 is 10.7. The fraction of sp³-hybridized carbons (Fsp3) is 0.538. The summed E-state index contributed by atoms with van der Waals surface area (Å²) >= 11 is 0. The molecule has 1 fully saturated rings. The van der Waals surface area contributed by atoms with E-state index in [1.54, 1.807) is 0 Å². The van der Waals surface area contributed by atoms with Gasteiger partial charge in [-0.2, -0.15) is 0 Å². The van der Waals surface area contributed by atoms with Crippen molar-refractivity contribution in [3.63, 3.8) is 0 Å². The van der Waals surface area contributed by atoms with Gasteiger partial charge in [-0.15, -0.1) is 0 Å². The minimum Gasteiger partial charge on any atom is -0.454 e. The Kier molecular flexibility index (Phi) is 2.48. The van der Waals surface area contributed by atoms with Crippen LogP contribution in [0.25, 0.3) is 0 Å². The van der Waals surface area contributed by atoms with Crippen molar-refractivity contribution in [3.8, 4) is 11.5 Å². The normalized spacial score (nSPS) is 27.3. The summed E-state index contributed by atoms with van der Waals surface area (Å²) in [7, 11) is 0. The SMILES string of the molecule is NC1CCCC1Cc1ccc2c(c1)OCO2. The molecule has 16 heavy (non-hydrogen) atoms. The van der Waals surface area contributed by atoms with Crippen molar-refractivity contribution >= 4 is 0 Å². The molecule has 2 atom stereocenters. The summed E-state index contributed by atoms with van der Waals surface area (Å²) in [5.74, 6) is 2.38. The molecule has 2 unspecified atom stereocenters. The van der Waals surface area contributed by atoms with Crippen LogP contribution >= 0.6 is 0 Å². The molecular formula is C13H17NO2. The third kappa shape index (κ3) is 1.76. The standard InChI is InChI=1S/C13H17NO2/c14-11-3-1-2-10(11)6-9-4-5-12-13(7-9)16-8-15-12/h4-5,7,10-11H,1-3,6,8,14H2. The molecule has 3 heteroatoms. The maximum Gasteiger partial charge on any atom is 0.231 e. The van der Waals surface area contributed by atoms with Gasteiger partial charge in [0.1, 0.15) is 0 Å². The molecule has 0 amide bonds. The van der Waals surface area contributed by atoms with E-state index in [1.807, 2.05) is 6.07 Å². The van der Waals surface area contributed by atoms with Gasteiger partial charge in [-0.25, -0.2) is 0 Å². The van der Waals surface area contributed by atoms with E-state index in [1.165, 1.54) is 24.8 Å². The maximum atomic E-state index is 6.08. The zero-order valence-electron chi connectivity index (χ0n) is 9.32. The van der Waals surface area contributed by atoms with Crippen LogP contribution in [0.2, 0.25) is 0 Å². The van der Waals surface area contributed by atoms with Gasteiger partial charge in [0.2, 0.25) is 6.79 Å². The summed E-state index contributed by atoms with van der Waals surface area (Å²) in [5, 5.41) is 0. The molecule has 0 bridgehead atoms. The predicted octanol–water partition coefficient (Wildman–Crippen LogP) is 2.09.